The Morgan fingerprint density at radius 3 is 2.71 bits per heavy atom. The van der Waals surface area contributed by atoms with Gasteiger partial charge >= 0.3 is 13.8 Å². The maximum Gasteiger partial charge on any atom is 0.526 e. The van der Waals surface area contributed by atoms with Crippen molar-refractivity contribution >= 4 is 13.8 Å². The third-order valence-corrected chi connectivity index (χ3v) is 2.15. The van der Waals surface area contributed by atoms with Crippen LogP contribution in [0.1, 0.15) is 0 Å². The third-order valence-electron chi connectivity index (χ3n) is 1.26. The van der Waals surface area contributed by atoms with Gasteiger partial charge in [0.2, 0.25) is 0 Å². The van der Waals surface area contributed by atoms with Crippen molar-refractivity contribution < 1.29 is 28.4 Å². The minimum absolute atomic E-state index is 0.479. The molecule has 0 aliphatic carbocycles. The highest BCUT2D eigenvalue weighted by Gasteiger charge is 2.25. The summed E-state index contributed by atoms with van der Waals surface area (Å²) >= 11 is 0. The molecule has 7 nitrogen and oxygen atoms in total. The molecule has 0 saturated carbocycles. The monoisotopic (exact) mass is 225 g/mol. The van der Waals surface area contributed by atoms with Crippen LogP contribution in [0.25, 0.3) is 0 Å². The molecule has 0 amide bonds. The number of carbonyl (C=O) groups is 1. The molecule has 14 heavy (non-hydrogen) atoms. The fraction of sp³-hybridized carbons (Fsp3) is 0.500. The molecular formula is C6H12NO6P. The van der Waals surface area contributed by atoms with Gasteiger partial charge in [-0.3, -0.25) is 14.2 Å². The van der Waals surface area contributed by atoms with E-state index in [9.17, 15) is 9.36 Å². The molecule has 0 spiro atoms. The quantitative estimate of drug-likeness (QED) is 0.411. The number of phosphoric ester groups is 1. The number of likely N-dealkylation sites (N-methyl/N-ethyl adjacent to an activating group) is 1. The number of rotatable bonds is 7. The van der Waals surface area contributed by atoms with E-state index in [2.05, 4.69) is 20.9 Å². The standard InChI is InChI=1S/C6H12NO6P/c1-3-12-14(10,11)13-4-5(7-2)6(8)9/h3,5,7H,1,4H2,2H3,(H,8,9)(H,10,11). The van der Waals surface area contributed by atoms with Gasteiger partial charge < -0.3 is 14.9 Å². The van der Waals surface area contributed by atoms with Crippen LogP contribution in [0.2, 0.25) is 0 Å². The predicted octanol–water partition coefficient (Wildman–Crippen LogP) is -0.0639. The van der Waals surface area contributed by atoms with Gasteiger partial charge in [-0.25, -0.2) is 4.57 Å². The predicted molar refractivity (Wildman–Crippen MR) is 47.5 cm³/mol. The van der Waals surface area contributed by atoms with E-state index in [1.165, 1.54) is 7.05 Å². The Hall–Kier alpha value is -0.880. The second-order valence-corrected chi connectivity index (χ2v) is 3.62. The Balaban J connectivity index is 4.08. The van der Waals surface area contributed by atoms with Gasteiger partial charge in [-0.1, -0.05) is 6.58 Å². The SMILES string of the molecule is C=COP(=O)(O)OCC(NC)C(=O)O. The zero-order chi connectivity index (χ0) is 11.2. The molecule has 3 N–H and O–H groups in total. The minimum Gasteiger partial charge on any atom is -0.480 e. The maximum atomic E-state index is 10.9. The highest BCUT2D eigenvalue weighted by molar-refractivity contribution is 7.47. The molecular weight excluding hydrogens is 213 g/mol. The van der Waals surface area contributed by atoms with E-state index in [4.69, 9.17) is 10.00 Å². The smallest absolute Gasteiger partial charge is 0.480 e. The number of nitrogens with one attached hydrogen (secondary N) is 1. The van der Waals surface area contributed by atoms with E-state index in [1.807, 2.05) is 0 Å². The van der Waals surface area contributed by atoms with Gasteiger partial charge in [0.25, 0.3) is 0 Å². The van der Waals surface area contributed by atoms with Crippen molar-refractivity contribution in [1.82, 2.24) is 5.32 Å². The second-order valence-electron chi connectivity index (χ2n) is 2.22. The zero-order valence-electron chi connectivity index (χ0n) is 7.54. The molecule has 8 heteroatoms. The number of hydrogen-bond acceptors (Lipinski definition) is 5. The molecule has 0 aliphatic heterocycles. The zero-order valence-corrected chi connectivity index (χ0v) is 8.44. The summed E-state index contributed by atoms with van der Waals surface area (Å²) in [5, 5.41) is 10.9. The van der Waals surface area contributed by atoms with Crippen LogP contribution in [-0.2, 0) is 18.4 Å². The minimum atomic E-state index is -4.22. The van der Waals surface area contributed by atoms with Crippen LogP contribution in [0, 0.1) is 0 Å². The first-order valence-electron chi connectivity index (χ1n) is 3.59. The summed E-state index contributed by atoms with van der Waals surface area (Å²) in [5.74, 6) is -1.19. The maximum absolute atomic E-state index is 10.9. The molecule has 0 saturated heterocycles. The van der Waals surface area contributed by atoms with Crippen molar-refractivity contribution in [3.63, 3.8) is 0 Å². The molecule has 0 aromatic rings. The molecule has 82 valence electrons. The highest BCUT2D eigenvalue weighted by atomic mass is 31.2. The van der Waals surface area contributed by atoms with Gasteiger partial charge in [-0.05, 0) is 7.05 Å². The van der Waals surface area contributed by atoms with E-state index in [0.29, 0.717) is 0 Å². The number of carboxylic acids is 1. The normalized spacial score (nSPS) is 16.7. The van der Waals surface area contributed by atoms with Gasteiger partial charge in [0.05, 0.1) is 12.9 Å². The number of phosphoric acid groups is 1. The lowest BCUT2D eigenvalue weighted by Crippen LogP contribution is -2.37. The average Bonchev–Trinajstić information content (AvgIpc) is 2.04. The largest absolute Gasteiger partial charge is 0.526 e. The van der Waals surface area contributed by atoms with Crippen LogP contribution in [0.15, 0.2) is 12.8 Å². The number of aliphatic carboxylic acids is 1. The molecule has 0 aromatic heterocycles. The molecule has 2 atom stereocenters. The first-order valence-corrected chi connectivity index (χ1v) is 5.09. The first kappa shape index (κ1) is 13.1. The van der Waals surface area contributed by atoms with Crippen LogP contribution in [0.3, 0.4) is 0 Å². The van der Waals surface area contributed by atoms with Gasteiger partial charge in [0.15, 0.2) is 0 Å². The molecule has 2 unspecified atom stereocenters. The summed E-state index contributed by atoms with van der Waals surface area (Å²) in [6, 6.07) is -1.07. The summed E-state index contributed by atoms with van der Waals surface area (Å²) in [6.45, 7) is 2.58. The van der Waals surface area contributed by atoms with Crippen molar-refractivity contribution in [3.05, 3.63) is 12.8 Å². The van der Waals surface area contributed by atoms with E-state index in [-0.39, 0.29) is 0 Å². The number of hydrogen-bond donors (Lipinski definition) is 3. The van der Waals surface area contributed by atoms with Gasteiger partial charge in [0, 0.05) is 0 Å². The molecule has 0 fully saturated rings. The molecule has 0 bridgehead atoms. The summed E-state index contributed by atoms with van der Waals surface area (Å²) in [6.07, 6.45) is 0.746. The lowest BCUT2D eigenvalue weighted by Gasteiger charge is -2.13. The molecule has 0 radical (unpaired) electrons. The average molecular weight is 225 g/mol. The topological polar surface area (TPSA) is 105 Å². The number of carboxylic acid groups (broad SMARTS) is 1. The van der Waals surface area contributed by atoms with Crippen molar-refractivity contribution in [3.8, 4) is 0 Å². The third kappa shape index (κ3) is 4.98. The van der Waals surface area contributed by atoms with Crippen LogP contribution in [-0.4, -0.2) is 35.7 Å². The highest BCUT2D eigenvalue weighted by Crippen LogP contribution is 2.43. The molecule has 0 rings (SSSR count). The summed E-state index contributed by atoms with van der Waals surface area (Å²) in [5.41, 5.74) is 0. The molecule has 0 aromatic carbocycles. The Kier molecular flexibility index (Phi) is 5.40. The van der Waals surface area contributed by atoms with Crippen molar-refractivity contribution in [2.24, 2.45) is 0 Å². The Morgan fingerprint density at radius 2 is 2.36 bits per heavy atom. The Labute approximate surface area is 81.0 Å². The molecule has 0 aliphatic rings. The van der Waals surface area contributed by atoms with Gasteiger partial charge in [-0.15, -0.1) is 0 Å². The fourth-order valence-corrected chi connectivity index (χ4v) is 1.16. The van der Waals surface area contributed by atoms with Crippen LogP contribution >= 0.6 is 7.82 Å². The molecule has 0 heterocycles. The van der Waals surface area contributed by atoms with Crippen molar-refractivity contribution in [1.29, 1.82) is 0 Å². The van der Waals surface area contributed by atoms with Crippen molar-refractivity contribution in [2.75, 3.05) is 13.7 Å². The summed E-state index contributed by atoms with van der Waals surface area (Å²) in [7, 11) is -2.83. The van der Waals surface area contributed by atoms with Gasteiger partial charge in [0.1, 0.15) is 6.04 Å². The summed E-state index contributed by atoms with van der Waals surface area (Å²) in [4.78, 5) is 19.3. The lowest BCUT2D eigenvalue weighted by molar-refractivity contribution is -0.140. The first-order chi connectivity index (χ1) is 6.43. The van der Waals surface area contributed by atoms with E-state index in [0.717, 1.165) is 6.26 Å². The van der Waals surface area contributed by atoms with E-state index >= 15 is 0 Å². The van der Waals surface area contributed by atoms with E-state index in [1.54, 1.807) is 0 Å². The summed E-state index contributed by atoms with van der Waals surface area (Å²) < 4.78 is 19.4. The Bertz CT molecular complexity index is 255. The van der Waals surface area contributed by atoms with Crippen molar-refractivity contribution in [2.45, 2.75) is 6.04 Å². The van der Waals surface area contributed by atoms with Crippen LogP contribution in [0.4, 0.5) is 0 Å². The van der Waals surface area contributed by atoms with Crippen LogP contribution < -0.4 is 5.32 Å². The van der Waals surface area contributed by atoms with E-state index < -0.39 is 26.4 Å². The van der Waals surface area contributed by atoms with Gasteiger partial charge in [-0.2, -0.15) is 0 Å². The lowest BCUT2D eigenvalue weighted by atomic mass is 10.3. The van der Waals surface area contributed by atoms with Crippen LogP contribution in [0.5, 0.6) is 0 Å². The fourth-order valence-electron chi connectivity index (χ4n) is 0.571. The Morgan fingerprint density at radius 1 is 1.79 bits per heavy atom. The second kappa shape index (κ2) is 5.77.